The van der Waals surface area contributed by atoms with E-state index in [1.165, 1.54) is 11.0 Å². The fourth-order valence-corrected chi connectivity index (χ4v) is 4.64. The highest BCUT2D eigenvalue weighted by Crippen LogP contribution is 2.32. The summed E-state index contributed by atoms with van der Waals surface area (Å²) in [5, 5.41) is 0.469. The van der Waals surface area contributed by atoms with Crippen LogP contribution in [-0.4, -0.2) is 39.9 Å². The van der Waals surface area contributed by atoms with Crippen molar-refractivity contribution in [3.63, 3.8) is 0 Å². The fourth-order valence-electron chi connectivity index (χ4n) is 3.15. The Morgan fingerprint density at radius 1 is 1.32 bits per heavy atom. The average Bonchev–Trinajstić information content (AvgIpc) is 3.24. The van der Waals surface area contributed by atoms with E-state index in [4.69, 9.17) is 16.0 Å². The Morgan fingerprint density at radius 2 is 2.04 bits per heavy atom. The first-order valence-corrected chi connectivity index (χ1v) is 10.6. The van der Waals surface area contributed by atoms with E-state index in [9.17, 15) is 13.2 Å². The molecule has 0 radical (unpaired) electrons. The number of anilines is 1. The fraction of sp³-hybridized carbons (Fsp3) is 0.389. The molecular weight excluding hydrogens is 404 g/mol. The molecule has 2 aromatic rings. The molecule has 152 valence electrons. The first kappa shape index (κ1) is 20.7. The highest BCUT2D eigenvalue weighted by molar-refractivity contribution is 7.92. The van der Waals surface area contributed by atoms with Crippen molar-refractivity contribution in [2.75, 3.05) is 25.4 Å². The van der Waals surface area contributed by atoms with Gasteiger partial charge in [-0.2, -0.15) is 0 Å². The van der Waals surface area contributed by atoms with Gasteiger partial charge in [0, 0.05) is 31.7 Å². The van der Waals surface area contributed by atoms with Gasteiger partial charge in [0.25, 0.3) is 10.0 Å². The van der Waals surface area contributed by atoms with Gasteiger partial charge in [0.05, 0.1) is 17.6 Å². The van der Waals surface area contributed by atoms with Gasteiger partial charge in [-0.3, -0.25) is 14.9 Å². The molecule has 3 rings (SSSR count). The minimum atomic E-state index is -3.89. The van der Waals surface area contributed by atoms with Crippen LogP contribution in [0.5, 0.6) is 0 Å². The van der Waals surface area contributed by atoms with Crippen molar-refractivity contribution in [3.05, 3.63) is 46.4 Å². The predicted molar refractivity (Wildman–Crippen MR) is 107 cm³/mol. The third-order valence-electron chi connectivity index (χ3n) is 4.74. The van der Waals surface area contributed by atoms with E-state index in [1.807, 2.05) is 0 Å². The summed E-state index contributed by atoms with van der Waals surface area (Å²) in [6, 6.07) is 6.00. The van der Waals surface area contributed by atoms with Gasteiger partial charge in [-0.1, -0.05) is 17.7 Å². The summed E-state index contributed by atoms with van der Waals surface area (Å²) < 4.78 is 34.1. The van der Waals surface area contributed by atoms with Crippen molar-refractivity contribution in [2.45, 2.75) is 24.8 Å². The van der Waals surface area contributed by atoms with Crippen LogP contribution in [0.1, 0.15) is 23.1 Å². The molecule has 0 saturated carbocycles. The Morgan fingerprint density at radius 3 is 2.71 bits per heavy atom. The number of rotatable bonds is 5. The number of hydrazine groups is 1. The molecule has 0 aliphatic carbocycles. The summed E-state index contributed by atoms with van der Waals surface area (Å²) in [4.78, 5) is 13.9. The zero-order chi connectivity index (χ0) is 20.6. The van der Waals surface area contributed by atoms with Gasteiger partial charge in [-0.05, 0) is 31.5 Å². The summed E-state index contributed by atoms with van der Waals surface area (Å²) >= 11 is 6.08. The van der Waals surface area contributed by atoms with Crippen molar-refractivity contribution in [1.82, 2.24) is 15.8 Å². The second-order valence-electron chi connectivity index (χ2n) is 6.93. The van der Waals surface area contributed by atoms with Crippen LogP contribution in [0.3, 0.4) is 0 Å². The molecule has 1 aliphatic rings. The summed E-state index contributed by atoms with van der Waals surface area (Å²) in [5.74, 6) is 0.144. The minimum Gasteiger partial charge on any atom is -0.463 e. The van der Waals surface area contributed by atoms with Crippen LogP contribution >= 0.6 is 11.6 Å². The van der Waals surface area contributed by atoms with Crippen molar-refractivity contribution >= 4 is 33.2 Å². The number of furan rings is 1. The molecule has 0 bridgehead atoms. The summed E-state index contributed by atoms with van der Waals surface area (Å²) in [6.45, 7) is 3.73. The summed E-state index contributed by atoms with van der Waals surface area (Å²) in [7, 11) is -0.534. The smallest absolute Gasteiger partial charge is 0.265 e. The number of amides is 1. The molecule has 1 aromatic heterocycles. The highest BCUT2D eigenvalue weighted by atomic mass is 35.5. The lowest BCUT2D eigenvalue weighted by Crippen LogP contribution is -2.34. The molecule has 1 aliphatic heterocycles. The van der Waals surface area contributed by atoms with E-state index in [2.05, 4.69) is 15.6 Å². The molecular formula is C18H23ClN4O4S. The number of nitrogens with one attached hydrogen (secondary N) is 3. The van der Waals surface area contributed by atoms with Gasteiger partial charge in [0.15, 0.2) is 0 Å². The second kappa shape index (κ2) is 7.75. The Kier molecular flexibility index (Phi) is 5.72. The maximum absolute atomic E-state index is 12.9. The first-order valence-electron chi connectivity index (χ1n) is 8.69. The molecule has 1 fully saturated rings. The van der Waals surface area contributed by atoms with Gasteiger partial charge in [-0.25, -0.2) is 13.8 Å². The van der Waals surface area contributed by atoms with Crippen LogP contribution in [0.15, 0.2) is 33.6 Å². The number of sulfonamides is 1. The number of nitrogens with zero attached hydrogens (tertiary/aromatic N) is 1. The Bertz CT molecular complexity index is 1000. The van der Waals surface area contributed by atoms with Crippen LogP contribution < -0.4 is 15.6 Å². The molecule has 1 amide bonds. The molecule has 2 atom stereocenters. The van der Waals surface area contributed by atoms with Gasteiger partial charge in [-0.15, -0.1) is 0 Å². The van der Waals surface area contributed by atoms with Gasteiger partial charge in [0.2, 0.25) is 5.91 Å². The lowest BCUT2D eigenvalue weighted by atomic mass is 9.98. The van der Waals surface area contributed by atoms with Crippen LogP contribution in [0, 0.1) is 19.8 Å². The molecule has 8 nitrogen and oxygen atoms in total. The first-order chi connectivity index (χ1) is 13.1. The number of halogens is 1. The molecule has 10 heteroatoms. The summed E-state index contributed by atoms with van der Waals surface area (Å²) in [6.07, 6.45) is 0. The maximum Gasteiger partial charge on any atom is 0.265 e. The number of carbonyl (C=O) groups is 1. The van der Waals surface area contributed by atoms with Gasteiger partial charge >= 0.3 is 0 Å². The quantitative estimate of drug-likeness (QED) is 0.677. The van der Waals surface area contributed by atoms with Crippen molar-refractivity contribution in [1.29, 1.82) is 0 Å². The van der Waals surface area contributed by atoms with Crippen LogP contribution in [0.4, 0.5) is 5.69 Å². The van der Waals surface area contributed by atoms with Crippen LogP contribution in [-0.2, 0) is 14.8 Å². The number of hydrogen-bond donors (Lipinski definition) is 3. The SMILES string of the molecule is Cc1oc(C2NNCC2C(=O)N(C)C)cc1S(=O)(=O)Nc1cccc(Cl)c1C. The van der Waals surface area contributed by atoms with E-state index in [0.29, 0.717) is 28.6 Å². The third kappa shape index (κ3) is 3.88. The number of hydrogen-bond acceptors (Lipinski definition) is 6. The normalized spacial score (nSPS) is 19.6. The van der Waals surface area contributed by atoms with Crippen molar-refractivity contribution in [2.24, 2.45) is 5.92 Å². The van der Waals surface area contributed by atoms with Crippen molar-refractivity contribution in [3.8, 4) is 0 Å². The van der Waals surface area contributed by atoms with E-state index in [0.717, 1.165) is 0 Å². The number of benzene rings is 1. The zero-order valence-corrected chi connectivity index (χ0v) is 17.6. The van der Waals surface area contributed by atoms with Crippen LogP contribution in [0.25, 0.3) is 0 Å². The minimum absolute atomic E-state index is 0.0200. The van der Waals surface area contributed by atoms with E-state index < -0.39 is 22.0 Å². The van der Waals surface area contributed by atoms with E-state index >= 15 is 0 Å². The largest absolute Gasteiger partial charge is 0.463 e. The predicted octanol–water partition coefficient (Wildman–Crippen LogP) is 2.20. The highest BCUT2D eigenvalue weighted by Gasteiger charge is 2.38. The Labute approximate surface area is 169 Å². The van der Waals surface area contributed by atoms with E-state index in [1.54, 1.807) is 46.1 Å². The van der Waals surface area contributed by atoms with Gasteiger partial charge < -0.3 is 9.32 Å². The molecule has 0 spiro atoms. The molecule has 28 heavy (non-hydrogen) atoms. The Balaban J connectivity index is 1.91. The summed E-state index contributed by atoms with van der Waals surface area (Å²) in [5.41, 5.74) is 6.96. The van der Waals surface area contributed by atoms with Crippen molar-refractivity contribution < 1.29 is 17.6 Å². The molecule has 2 unspecified atom stereocenters. The average molecular weight is 427 g/mol. The second-order valence-corrected chi connectivity index (χ2v) is 8.99. The standard InChI is InChI=1S/C18H23ClN4O4S/c1-10-13(19)6-5-7-14(10)22-28(25,26)16-8-15(27-11(16)2)17-12(9-20-21-17)18(24)23(3)4/h5-8,12,17,20-22H,9H2,1-4H3. The topological polar surface area (TPSA) is 104 Å². The van der Waals surface area contributed by atoms with E-state index in [-0.39, 0.29) is 16.6 Å². The number of carbonyl (C=O) groups excluding carboxylic acids is 1. The maximum atomic E-state index is 12.9. The molecule has 1 saturated heterocycles. The molecule has 3 N–H and O–H groups in total. The molecule has 2 heterocycles. The Hall–Kier alpha value is -2.07. The number of aryl methyl sites for hydroxylation is 1. The van der Waals surface area contributed by atoms with Gasteiger partial charge in [0.1, 0.15) is 16.4 Å². The molecule has 1 aromatic carbocycles. The third-order valence-corrected chi connectivity index (χ3v) is 6.62. The van der Waals surface area contributed by atoms with Crippen LogP contribution in [0.2, 0.25) is 5.02 Å². The monoisotopic (exact) mass is 426 g/mol. The lowest BCUT2D eigenvalue weighted by Gasteiger charge is -2.19. The zero-order valence-electron chi connectivity index (χ0n) is 16.0. The lowest BCUT2D eigenvalue weighted by molar-refractivity contribution is -0.133.